The average Bonchev–Trinajstić information content (AvgIpc) is 3.23. The summed E-state index contributed by atoms with van der Waals surface area (Å²) in [6, 6.07) is 0. The third-order valence-electron chi connectivity index (χ3n) is 4.97. The minimum atomic E-state index is 0.230. The van der Waals surface area contributed by atoms with Crippen molar-refractivity contribution in [2.24, 2.45) is 17.6 Å². The van der Waals surface area contributed by atoms with Crippen LogP contribution in [0.1, 0.15) is 46.0 Å². The van der Waals surface area contributed by atoms with Crippen LogP contribution in [-0.4, -0.2) is 43.2 Å². The molecule has 3 nitrogen and oxygen atoms in total. The first kappa shape index (κ1) is 14.3. The molecule has 1 saturated heterocycles. The molecule has 0 aromatic rings. The predicted molar refractivity (Wildman–Crippen MR) is 77.6 cm³/mol. The number of hydrogen-bond donors (Lipinski definition) is 2. The van der Waals surface area contributed by atoms with Gasteiger partial charge in [0, 0.05) is 12.1 Å². The van der Waals surface area contributed by atoms with E-state index in [0.29, 0.717) is 0 Å². The van der Waals surface area contributed by atoms with Crippen LogP contribution in [0.25, 0.3) is 0 Å². The molecule has 0 radical (unpaired) electrons. The quantitative estimate of drug-likeness (QED) is 0.727. The molecule has 3 N–H and O–H groups in total. The Balaban J connectivity index is 1.76. The van der Waals surface area contributed by atoms with Crippen molar-refractivity contribution in [2.75, 3.05) is 32.7 Å². The summed E-state index contributed by atoms with van der Waals surface area (Å²) < 4.78 is 0. The molecule has 1 unspecified atom stereocenters. The van der Waals surface area contributed by atoms with Gasteiger partial charge in [-0.05, 0) is 70.1 Å². The van der Waals surface area contributed by atoms with Crippen LogP contribution in [0, 0.1) is 11.8 Å². The Morgan fingerprint density at radius 1 is 1.33 bits per heavy atom. The van der Waals surface area contributed by atoms with Crippen LogP contribution in [0.4, 0.5) is 0 Å². The van der Waals surface area contributed by atoms with E-state index in [1.807, 2.05) is 0 Å². The second kappa shape index (κ2) is 6.36. The number of nitrogens with one attached hydrogen (secondary N) is 1. The molecular weight excluding hydrogens is 222 g/mol. The molecule has 1 heterocycles. The molecule has 0 amide bonds. The van der Waals surface area contributed by atoms with Crippen LogP contribution in [0.15, 0.2) is 0 Å². The van der Waals surface area contributed by atoms with Crippen LogP contribution in [0.2, 0.25) is 0 Å². The van der Waals surface area contributed by atoms with E-state index in [1.165, 1.54) is 51.7 Å². The Hall–Kier alpha value is -0.120. The summed E-state index contributed by atoms with van der Waals surface area (Å²) in [5, 5.41) is 3.82. The lowest BCUT2D eigenvalue weighted by Crippen LogP contribution is -2.58. The maximum absolute atomic E-state index is 6.05. The molecule has 2 fully saturated rings. The predicted octanol–water partition coefficient (Wildman–Crippen LogP) is 1.83. The molecule has 106 valence electrons. The Labute approximate surface area is 112 Å². The highest BCUT2D eigenvalue weighted by atomic mass is 15.2. The lowest BCUT2D eigenvalue weighted by Gasteiger charge is -2.42. The van der Waals surface area contributed by atoms with Crippen LogP contribution in [0.3, 0.4) is 0 Å². The van der Waals surface area contributed by atoms with Gasteiger partial charge in [0.05, 0.1) is 0 Å². The molecular formula is C15H31N3. The summed E-state index contributed by atoms with van der Waals surface area (Å²) in [4.78, 5) is 2.58. The van der Waals surface area contributed by atoms with Crippen molar-refractivity contribution in [2.45, 2.75) is 51.5 Å². The normalized spacial score (nSPS) is 26.2. The van der Waals surface area contributed by atoms with E-state index in [2.05, 4.69) is 24.1 Å². The van der Waals surface area contributed by atoms with Gasteiger partial charge >= 0.3 is 0 Å². The molecule has 2 aliphatic rings. The third kappa shape index (κ3) is 3.69. The van der Waals surface area contributed by atoms with E-state index in [9.17, 15) is 0 Å². The van der Waals surface area contributed by atoms with Gasteiger partial charge in [-0.2, -0.15) is 0 Å². The van der Waals surface area contributed by atoms with Crippen molar-refractivity contribution in [3.63, 3.8) is 0 Å². The maximum atomic E-state index is 6.05. The Morgan fingerprint density at radius 2 is 2.00 bits per heavy atom. The Bertz CT molecular complexity index is 242. The zero-order valence-corrected chi connectivity index (χ0v) is 12.3. The second-order valence-corrected chi connectivity index (χ2v) is 6.52. The summed E-state index contributed by atoms with van der Waals surface area (Å²) in [7, 11) is 0. The van der Waals surface area contributed by atoms with Crippen LogP contribution >= 0.6 is 0 Å². The zero-order chi connectivity index (χ0) is 13.0. The lowest BCUT2D eigenvalue weighted by atomic mass is 9.86. The van der Waals surface area contributed by atoms with Gasteiger partial charge in [0.25, 0.3) is 0 Å². The molecule has 1 saturated carbocycles. The number of rotatable bonds is 7. The first-order valence-corrected chi connectivity index (χ1v) is 7.86. The summed E-state index contributed by atoms with van der Waals surface area (Å²) in [5.41, 5.74) is 6.28. The molecule has 0 spiro atoms. The zero-order valence-electron chi connectivity index (χ0n) is 12.3. The summed E-state index contributed by atoms with van der Waals surface area (Å²) >= 11 is 0. The van der Waals surface area contributed by atoms with E-state index in [0.717, 1.165) is 24.9 Å². The van der Waals surface area contributed by atoms with Crippen molar-refractivity contribution >= 4 is 0 Å². The molecule has 0 bridgehead atoms. The van der Waals surface area contributed by atoms with Gasteiger partial charge in [0.1, 0.15) is 0 Å². The number of likely N-dealkylation sites (tertiary alicyclic amines) is 1. The van der Waals surface area contributed by atoms with Gasteiger partial charge in [0.2, 0.25) is 0 Å². The maximum Gasteiger partial charge on any atom is 0.0328 e. The van der Waals surface area contributed by atoms with Gasteiger partial charge in [0.15, 0.2) is 0 Å². The Morgan fingerprint density at radius 3 is 2.50 bits per heavy atom. The smallest absolute Gasteiger partial charge is 0.0328 e. The van der Waals surface area contributed by atoms with Gasteiger partial charge in [-0.3, -0.25) is 0 Å². The molecule has 0 aromatic heterocycles. The third-order valence-corrected chi connectivity index (χ3v) is 4.97. The van der Waals surface area contributed by atoms with Gasteiger partial charge in [-0.15, -0.1) is 0 Å². The second-order valence-electron chi connectivity index (χ2n) is 6.52. The van der Waals surface area contributed by atoms with Crippen molar-refractivity contribution in [1.82, 2.24) is 10.2 Å². The van der Waals surface area contributed by atoms with Crippen molar-refractivity contribution in [1.29, 1.82) is 0 Å². The van der Waals surface area contributed by atoms with E-state index in [4.69, 9.17) is 5.73 Å². The fourth-order valence-electron chi connectivity index (χ4n) is 3.18. The number of nitrogens with zero attached hydrogens (tertiary/aromatic N) is 1. The molecule has 0 aromatic carbocycles. The van der Waals surface area contributed by atoms with Crippen molar-refractivity contribution in [3.8, 4) is 0 Å². The molecule has 1 aliphatic carbocycles. The number of hydrogen-bond acceptors (Lipinski definition) is 3. The molecule has 1 aliphatic heterocycles. The van der Waals surface area contributed by atoms with Gasteiger partial charge < -0.3 is 16.0 Å². The van der Waals surface area contributed by atoms with E-state index in [1.54, 1.807) is 0 Å². The molecule has 3 heteroatoms. The SMILES string of the molecule is CCCN1CCC(CN)(NCC(C)C2CC2)CC1. The van der Waals surface area contributed by atoms with Gasteiger partial charge in [-0.25, -0.2) is 0 Å². The number of nitrogens with two attached hydrogens (primary N) is 1. The van der Waals surface area contributed by atoms with E-state index in [-0.39, 0.29) is 5.54 Å². The fourth-order valence-corrected chi connectivity index (χ4v) is 3.18. The summed E-state index contributed by atoms with van der Waals surface area (Å²) in [6.45, 7) is 10.3. The largest absolute Gasteiger partial charge is 0.329 e. The fraction of sp³-hybridized carbons (Fsp3) is 1.00. The molecule has 18 heavy (non-hydrogen) atoms. The van der Waals surface area contributed by atoms with Crippen molar-refractivity contribution < 1.29 is 0 Å². The van der Waals surface area contributed by atoms with E-state index >= 15 is 0 Å². The van der Waals surface area contributed by atoms with Crippen LogP contribution in [-0.2, 0) is 0 Å². The molecule has 1 atom stereocenters. The summed E-state index contributed by atoms with van der Waals surface area (Å²) in [6.07, 6.45) is 6.61. The van der Waals surface area contributed by atoms with Crippen molar-refractivity contribution in [3.05, 3.63) is 0 Å². The highest BCUT2D eigenvalue weighted by Gasteiger charge is 2.34. The average molecular weight is 253 g/mol. The monoisotopic (exact) mass is 253 g/mol. The minimum Gasteiger partial charge on any atom is -0.329 e. The first-order chi connectivity index (χ1) is 8.69. The van der Waals surface area contributed by atoms with Crippen LogP contribution < -0.4 is 11.1 Å². The van der Waals surface area contributed by atoms with Crippen LogP contribution in [0.5, 0.6) is 0 Å². The summed E-state index contributed by atoms with van der Waals surface area (Å²) in [5.74, 6) is 1.83. The molecule has 2 rings (SSSR count). The highest BCUT2D eigenvalue weighted by Crippen LogP contribution is 2.36. The lowest BCUT2D eigenvalue weighted by molar-refractivity contribution is 0.135. The van der Waals surface area contributed by atoms with Gasteiger partial charge in [-0.1, -0.05) is 13.8 Å². The highest BCUT2D eigenvalue weighted by molar-refractivity contribution is 4.95. The first-order valence-electron chi connectivity index (χ1n) is 7.86. The standard InChI is InChI=1S/C15H31N3/c1-3-8-18-9-6-15(12-16,7-10-18)17-11-13(2)14-4-5-14/h13-14,17H,3-12,16H2,1-2H3. The Kier molecular flexibility index (Phi) is 5.05. The minimum absolute atomic E-state index is 0.230. The van der Waals surface area contributed by atoms with E-state index < -0.39 is 0 Å². The topological polar surface area (TPSA) is 41.3 Å². The number of piperidine rings is 1.